The van der Waals surface area contributed by atoms with E-state index in [1.165, 1.54) is 11.3 Å². The van der Waals surface area contributed by atoms with Gasteiger partial charge in [-0.1, -0.05) is 26.3 Å². The number of nitrogens with one attached hydrogen (secondary N) is 1. The van der Waals surface area contributed by atoms with E-state index < -0.39 is 9.84 Å². The third kappa shape index (κ3) is 3.88. The summed E-state index contributed by atoms with van der Waals surface area (Å²) in [6.07, 6.45) is 1.90. The molecule has 0 aliphatic heterocycles. The van der Waals surface area contributed by atoms with Crippen LogP contribution in [0.4, 0.5) is 0 Å². The van der Waals surface area contributed by atoms with Crippen molar-refractivity contribution in [3.63, 3.8) is 0 Å². The molecule has 1 aromatic heterocycles. The summed E-state index contributed by atoms with van der Waals surface area (Å²) in [5.41, 5.74) is 0. The van der Waals surface area contributed by atoms with Crippen molar-refractivity contribution in [1.82, 2.24) is 5.32 Å². The zero-order chi connectivity index (χ0) is 12.0. The molecule has 0 saturated heterocycles. The molecule has 1 rings (SSSR count). The Balaban J connectivity index is 2.70. The van der Waals surface area contributed by atoms with Crippen LogP contribution in [-0.4, -0.2) is 26.8 Å². The Morgan fingerprint density at radius 3 is 2.69 bits per heavy atom. The quantitative estimate of drug-likeness (QED) is 0.819. The number of hydrogen-bond donors (Lipinski definition) is 1. The van der Waals surface area contributed by atoms with Crippen molar-refractivity contribution in [3.05, 3.63) is 17.5 Å². The van der Waals surface area contributed by atoms with E-state index in [0.717, 1.165) is 19.4 Å². The van der Waals surface area contributed by atoms with Gasteiger partial charge in [0.05, 0.1) is 5.75 Å². The van der Waals surface area contributed by atoms with Crippen molar-refractivity contribution in [1.29, 1.82) is 0 Å². The SMILES string of the molecule is CCCC(CS(=O)(=O)c1cccs1)NCC. The predicted molar refractivity (Wildman–Crippen MR) is 68.7 cm³/mol. The van der Waals surface area contributed by atoms with Crippen molar-refractivity contribution >= 4 is 21.2 Å². The molecule has 0 saturated carbocycles. The van der Waals surface area contributed by atoms with Crippen LogP contribution in [0.1, 0.15) is 26.7 Å². The van der Waals surface area contributed by atoms with Crippen LogP contribution in [0.3, 0.4) is 0 Å². The maximum absolute atomic E-state index is 12.0. The molecule has 16 heavy (non-hydrogen) atoms. The van der Waals surface area contributed by atoms with Gasteiger partial charge < -0.3 is 5.32 Å². The van der Waals surface area contributed by atoms with Crippen LogP contribution < -0.4 is 5.32 Å². The van der Waals surface area contributed by atoms with E-state index in [0.29, 0.717) is 4.21 Å². The lowest BCUT2D eigenvalue weighted by Crippen LogP contribution is -2.35. The van der Waals surface area contributed by atoms with Crippen LogP contribution in [0.5, 0.6) is 0 Å². The predicted octanol–water partition coefficient (Wildman–Crippen LogP) is 2.30. The van der Waals surface area contributed by atoms with Gasteiger partial charge >= 0.3 is 0 Å². The second kappa shape index (κ2) is 6.37. The molecule has 1 aromatic rings. The molecule has 0 aliphatic rings. The van der Waals surface area contributed by atoms with Crippen molar-refractivity contribution in [2.45, 2.75) is 36.9 Å². The molecule has 1 heterocycles. The van der Waals surface area contributed by atoms with Gasteiger partial charge in [-0.25, -0.2) is 8.42 Å². The van der Waals surface area contributed by atoms with Gasteiger partial charge in [0.15, 0.2) is 9.84 Å². The molecule has 0 bridgehead atoms. The fraction of sp³-hybridized carbons (Fsp3) is 0.636. The van der Waals surface area contributed by atoms with Crippen molar-refractivity contribution in [2.24, 2.45) is 0 Å². The molecule has 3 nitrogen and oxygen atoms in total. The Bertz CT molecular complexity index is 378. The molecule has 1 atom stereocenters. The van der Waals surface area contributed by atoms with Gasteiger partial charge in [-0.2, -0.15) is 0 Å². The topological polar surface area (TPSA) is 46.2 Å². The molecule has 1 unspecified atom stereocenters. The standard InChI is InChI=1S/C11H19NO2S2/c1-3-6-10(12-4-2)9-16(13,14)11-7-5-8-15-11/h5,7-8,10,12H,3-4,6,9H2,1-2H3. The molecule has 92 valence electrons. The van der Waals surface area contributed by atoms with Crippen molar-refractivity contribution in [3.8, 4) is 0 Å². The largest absolute Gasteiger partial charge is 0.313 e. The summed E-state index contributed by atoms with van der Waals surface area (Å²) < 4.78 is 24.5. The molecule has 0 aliphatic carbocycles. The van der Waals surface area contributed by atoms with Crippen molar-refractivity contribution in [2.75, 3.05) is 12.3 Å². The number of rotatable bonds is 7. The summed E-state index contributed by atoms with van der Waals surface area (Å²) in [6.45, 7) is 4.88. The molecule has 5 heteroatoms. The highest BCUT2D eigenvalue weighted by Gasteiger charge is 2.20. The number of thiophene rings is 1. The molecule has 0 radical (unpaired) electrons. The summed E-state index contributed by atoms with van der Waals surface area (Å²) >= 11 is 1.29. The minimum Gasteiger partial charge on any atom is -0.313 e. The van der Waals surface area contributed by atoms with Crippen LogP contribution in [0.2, 0.25) is 0 Å². The Labute approximate surface area is 102 Å². The molecular formula is C11H19NO2S2. The number of hydrogen-bond acceptors (Lipinski definition) is 4. The van der Waals surface area contributed by atoms with Gasteiger partial charge in [-0.05, 0) is 24.4 Å². The van der Waals surface area contributed by atoms with Crippen LogP contribution in [0.25, 0.3) is 0 Å². The molecule has 0 amide bonds. The van der Waals surface area contributed by atoms with Gasteiger partial charge in [-0.15, -0.1) is 11.3 Å². The van der Waals surface area contributed by atoms with E-state index in [1.807, 2.05) is 6.92 Å². The second-order valence-corrected chi connectivity index (χ2v) is 6.97. The lowest BCUT2D eigenvalue weighted by Gasteiger charge is -2.16. The van der Waals surface area contributed by atoms with Crippen LogP contribution in [0.15, 0.2) is 21.7 Å². The zero-order valence-electron chi connectivity index (χ0n) is 9.77. The summed E-state index contributed by atoms with van der Waals surface area (Å²) in [4.78, 5) is 0. The highest BCUT2D eigenvalue weighted by Crippen LogP contribution is 2.18. The average Bonchev–Trinajstić information content (AvgIpc) is 2.71. The fourth-order valence-electron chi connectivity index (χ4n) is 1.67. The van der Waals surface area contributed by atoms with Gasteiger partial charge in [0.2, 0.25) is 0 Å². The minimum absolute atomic E-state index is 0.0714. The summed E-state index contributed by atoms with van der Waals surface area (Å²) in [6, 6.07) is 3.52. The van der Waals surface area contributed by atoms with Gasteiger partial charge in [0.1, 0.15) is 4.21 Å². The molecule has 1 N–H and O–H groups in total. The maximum atomic E-state index is 12.0. The Hall–Kier alpha value is -0.390. The molecular weight excluding hydrogens is 242 g/mol. The molecule has 0 aromatic carbocycles. The first-order valence-corrected chi connectivity index (χ1v) is 8.13. The lowest BCUT2D eigenvalue weighted by atomic mass is 10.2. The monoisotopic (exact) mass is 261 g/mol. The minimum atomic E-state index is -3.10. The Kier molecular flexibility index (Phi) is 5.44. The summed E-state index contributed by atoms with van der Waals surface area (Å²) in [5, 5.41) is 5.03. The summed E-state index contributed by atoms with van der Waals surface area (Å²) in [7, 11) is -3.10. The maximum Gasteiger partial charge on any atom is 0.189 e. The smallest absolute Gasteiger partial charge is 0.189 e. The second-order valence-electron chi connectivity index (χ2n) is 3.76. The van der Waals surface area contributed by atoms with Crippen LogP contribution in [-0.2, 0) is 9.84 Å². The molecule has 0 fully saturated rings. The van der Waals surface area contributed by atoms with E-state index in [9.17, 15) is 8.42 Å². The Morgan fingerprint density at radius 1 is 1.44 bits per heavy atom. The third-order valence-electron chi connectivity index (χ3n) is 2.35. The van der Waals surface area contributed by atoms with Gasteiger partial charge in [0.25, 0.3) is 0 Å². The van der Waals surface area contributed by atoms with E-state index >= 15 is 0 Å². The summed E-state index contributed by atoms with van der Waals surface area (Å²) in [5.74, 6) is 0.204. The first-order chi connectivity index (χ1) is 7.60. The third-order valence-corrected chi connectivity index (χ3v) is 5.65. The van der Waals surface area contributed by atoms with E-state index in [2.05, 4.69) is 12.2 Å². The Morgan fingerprint density at radius 2 is 2.19 bits per heavy atom. The molecule has 0 spiro atoms. The van der Waals surface area contributed by atoms with E-state index in [4.69, 9.17) is 0 Å². The van der Waals surface area contributed by atoms with Crippen LogP contribution >= 0.6 is 11.3 Å². The lowest BCUT2D eigenvalue weighted by molar-refractivity contribution is 0.513. The number of sulfone groups is 1. The van der Waals surface area contributed by atoms with Crippen LogP contribution in [0, 0.1) is 0 Å². The first kappa shape index (κ1) is 13.7. The normalized spacial score (nSPS) is 13.9. The van der Waals surface area contributed by atoms with E-state index in [-0.39, 0.29) is 11.8 Å². The fourth-order valence-corrected chi connectivity index (χ4v) is 4.34. The first-order valence-electron chi connectivity index (χ1n) is 5.59. The van der Waals surface area contributed by atoms with Gasteiger partial charge in [0, 0.05) is 6.04 Å². The zero-order valence-corrected chi connectivity index (χ0v) is 11.4. The van der Waals surface area contributed by atoms with E-state index in [1.54, 1.807) is 17.5 Å². The highest BCUT2D eigenvalue weighted by molar-refractivity contribution is 7.93. The van der Waals surface area contributed by atoms with Crippen molar-refractivity contribution < 1.29 is 8.42 Å². The average molecular weight is 261 g/mol. The highest BCUT2D eigenvalue weighted by atomic mass is 32.2. The van der Waals surface area contributed by atoms with Gasteiger partial charge in [-0.3, -0.25) is 0 Å².